The van der Waals surface area contributed by atoms with Crippen molar-refractivity contribution in [3.8, 4) is 5.75 Å². The number of sulfonamides is 1. The number of thiophene rings is 1. The van der Waals surface area contributed by atoms with Gasteiger partial charge in [-0.15, -0.1) is 11.3 Å². The summed E-state index contributed by atoms with van der Waals surface area (Å²) in [4.78, 5) is 14.5. The topological polar surface area (TPSA) is 98.5 Å². The highest BCUT2D eigenvalue weighted by atomic mass is 32.2. The number of methoxy groups -OCH3 is 1. The van der Waals surface area contributed by atoms with Crippen molar-refractivity contribution < 1.29 is 17.9 Å². The van der Waals surface area contributed by atoms with E-state index in [0.29, 0.717) is 16.5 Å². The summed E-state index contributed by atoms with van der Waals surface area (Å²) in [6.07, 6.45) is 3.11. The van der Waals surface area contributed by atoms with Crippen LogP contribution in [0.5, 0.6) is 5.75 Å². The molecular weight excluding hydrogens is 396 g/mol. The normalized spacial score (nSPS) is 17.1. The maximum atomic E-state index is 12.7. The van der Waals surface area contributed by atoms with Gasteiger partial charge in [-0.25, -0.2) is 13.6 Å². The van der Waals surface area contributed by atoms with Crippen molar-refractivity contribution in [3.63, 3.8) is 0 Å². The van der Waals surface area contributed by atoms with Gasteiger partial charge in [0.2, 0.25) is 10.0 Å². The predicted molar refractivity (Wildman–Crippen MR) is 112 cm³/mol. The van der Waals surface area contributed by atoms with Crippen LogP contribution in [-0.2, 0) is 22.9 Å². The number of nitrogens with one attached hydrogen (secondary N) is 1. The molecule has 6 nitrogen and oxygen atoms in total. The fourth-order valence-corrected chi connectivity index (χ4v) is 5.37. The molecule has 28 heavy (non-hydrogen) atoms. The molecule has 1 aromatic carbocycles. The highest BCUT2D eigenvalue weighted by molar-refractivity contribution is 7.89. The molecule has 0 saturated carbocycles. The van der Waals surface area contributed by atoms with E-state index in [1.54, 1.807) is 6.07 Å². The molecule has 1 atom stereocenters. The summed E-state index contributed by atoms with van der Waals surface area (Å²) in [6.45, 7) is 6.78. The van der Waals surface area contributed by atoms with Gasteiger partial charge >= 0.3 is 0 Å². The van der Waals surface area contributed by atoms with Crippen molar-refractivity contribution in [3.05, 3.63) is 39.6 Å². The second-order valence-corrected chi connectivity index (χ2v) is 10.9. The van der Waals surface area contributed by atoms with Gasteiger partial charge in [-0.1, -0.05) is 20.8 Å². The third kappa shape index (κ3) is 4.39. The molecule has 3 N–H and O–H groups in total. The SMILES string of the molecule is COc1ccc(NC(=O)c2cc3c(s2)CC[C@@H](C(C)(C)C)C3)cc1S(N)(=O)=O. The molecule has 0 radical (unpaired) electrons. The molecule has 1 aliphatic rings. The second kappa shape index (κ2) is 7.50. The number of ether oxygens (including phenoxy) is 1. The zero-order valence-electron chi connectivity index (χ0n) is 16.5. The van der Waals surface area contributed by atoms with Crippen LogP contribution in [0.25, 0.3) is 0 Å². The number of hydrogen-bond donors (Lipinski definition) is 2. The quantitative estimate of drug-likeness (QED) is 0.783. The van der Waals surface area contributed by atoms with Gasteiger partial charge in [0.05, 0.1) is 12.0 Å². The Morgan fingerprint density at radius 3 is 2.61 bits per heavy atom. The molecule has 1 aliphatic carbocycles. The molecule has 1 aromatic heterocycles. The minimum Gasteiger partial charge on any atom is -0.495 e. The molecule has 0 saturated heterocycles. The average Bonchev–Trinajstić information content (AvgIpc) is 3.03. The fraction of sp³-hybridized carbons (Fsp3) is 0.450. The van der Waals surface area contributed by atoms with Gasteiger partial charge in [-0.3, -0.25) is 4.79 Å². The number of primary sulfonamides is 1. The molecule has 1 heterocycles. The van der Waals surface area contributed by atoms with Crippen LogP contribution in [0, 0.1) is 11.3 Å². The van der Waals surface area contributed by atoms with Gasteiger partial charge in [-0.05, 0) is 60.4 Å². The third-order valence-electron chi connectivity index (χ3n) is 5.26. The number of benzene rings is 1. The molecule has 3 rings (SSSR count). The predicted octanol–water partition coefficient (Wildman–Crippen LogP) is 3.81. The zero-order chi connectivity index (χ0) is 20.7. The van der Waals surface area contributed by atoms with Crippen LogP contribution in [-0.4, -0.2) is 21.4 Å². The number of carbonyl (C=O) groups excluding carboxylic acids is 1. The molecule has 8 heteroatoms. The summed E-state index contributed by atoms with van der Waals surface area (Å²) in [7, 11) is -2.60. The minimum atomic E-state index is -3.96. The maximum Gasteiger partial charge on any atom is 0.265 e. The Kier molecular flexibility index (Phi) is 5.58. The molecule has 0 fully saturated rings. The lowest BCUT2D eigenvalue weighted by molar-refractivity contribution is 0.103. The molecule has 0 unspecified atom stereocenters. The Balaban J connectivity index is 1.81. The van der Waals surface area contributed by atoms with Gasteiger partial charge < -0.3 is 10.1 Å². The van der Waals surface area contributed by atoms with Crippen molar-refractivity contribution >= 4 is 33.0 Å². The molecular formula is C20H26N2O4S2. The van der Waals surface area contributed by atoms with Crippen molar-refractivity contribution in [1.29, 1.82) is 0 Å². The molecule has 2 aromatic rings. The van der Waals surface area contributed by atoms with E-state index in [4.69, 9.17) is 9.88 Å². The first-order chi connectivity index (χ1) is 13.0. The van der Waals surface area contributed by atoms with Crippen LogP contribution in [0.1, 0.15) is 47.3 Å². The highest BCUT2D eigenvalue weighted by Crippen LogP contribution is 2.40. The smallest absolute Gasteiger partial charge is 0.265 e. The van der Waals surface area contributed by atoms with Crippen molar-refractivity contribution in [2.75, 3.05) is 12.4 Å². The first-order valence-corrected chi connectivity index (χ1v) is 11.5. The Morgan fingerprint density at radius 2 is 2.00 bits per heavy atom. The Morgan fingerprint density at radius 1 is 1.29 bits per heavy atom. The number of aryl methyl sites for hydroxylation is 1. The summed E-state index contributed by atoms with van der Waals surface area (Å²) in [5, 5.41) is 8.01. The van der Waals surface area contributed by atoms with E-state index in [2.05, 4.69) is 26.1 Å². The fourth-order valence-electron chi connectivity index (χ4n) is 3.54. The number of fused-ring (bicyclic) bond motifs is 1. The van der Waals surface area contributed by atoms with Gasteiger partial charge in [0.15, 0.2) is 0 Å². The molecule has 0 aliphatic heterocycles. The van der Waals surface area contributed by atoms with Crippen molar-refractivity contribution in [2.24, 2.45) is 16.5 Å². The molecule has 1 amide bonds. The van der Waals surface area contributed by atoms with Crippen LogP contribution < -0.4 is 15.2 Å². The third-order valence-corrected chi connectivity index (χ3v) is 7.43. The summed E-state index contributed by atoms with van der Waals surface area (Å²) in [5.74, 6) is 0.488. The van der Waals surface area contributed by atoms with Crippen molar-refractivity contribution in [1.82, 2.24) is 0 Å². The lowest BCUT2D eigenvalue weighted by Crippen LogP contribution is -2.26. The largest absolute Gasteiger partial charge is 0.495 e. The average molecular weight is 423 g/mol. The van der Waals surface area contributed by atoms with E-state index in [-0.39, 0.29) is 22.0 Å². The van der Waals surface area contributed by atoms with Crippen molar-refractivity contribution in [2.45, 2.75) is 44.9 Å². The number of amides is 1. The Labute approximate surface area is 170 Å². The minimum absolute atomic E-state index is 0.139. The lowest BCUT2D eigenvalue weighted by atomic mass is 9.72. The van der Waals surface area contributed by atoms with Gasteiger partial charge in [0.1, 0.15) is 10.6 Å². The van der Waals surface area contributed by atoms with Crippen LogP contribution >= 0.6 is 11.3 Å². The monoisotopic (exact) mass is 422 g/mol. The second-order valence-electron chi connectivity index (χ2n) is 8.23. The standard InChI is InChI=1S/C20H26N2O4S2/c1-20(2,3)13-5-8-16-12(9-13)10-17(27-16)19(23)22-14-6-7-15(26-4)18(11-14)28(21,24)25/h6-7,10-11,13H,5,8-9H2,1-4H3,(H,22,23)(H2,21,24,25)/t13-/m1/s1. The summed E-state index contributed by atoms with van der Waals surface area (Å²) >= 11 is 1.51. The number of nitrogens with two attached hydrogens (primary N) is 1. The van der Waals surface area contributed by atoms with E-state index in [9.17, 15) is 13.2 Å². The van der Waals surface area contributed by atoms with Crippen LogP contribution in [0.3, 0.4) is 0 Å². The summed E-state index contributed by atoms with van der Waals surface area (Å²) in [5.41, 5.74) is 1.85. The van der Waals surface area contributed by atoms with Crippen LogP contribution in [0.4, 0.5) is 5.69 Å². The lowest BCUT2D eigenvalue weighted by Gasteiger charge is -2.33. The van der Waals surface area contributed by atoms with E-state index >= 15 is 0 Å². The maximum absolute atomic E-state index is 12.7. The van der Waals surface area contributed by atoms with Crippen LogP contribution in [0.15, 0.2) is 29.2 Å². The zero-order valence-corrected chi connectivity index (χ0v) is 18.2. The van der Waals surface area contributed by atoms with Crippen LogP contribution in [0.2, 0.25) is 0 Å². The van der Waals surface area contributed by atoms with Gasteiger partial charge in [0.25, 0.3) is 5.91 Å². The first-order valence-electron chi connectivity index (χ1n) is 9.13. The number of anilines is 1. The first kappa shape index (κ1) is 20.8. The molecule has 0 bridgehead atoms. The van der Waals surface area contributed by atoms with Gasteiger partial charge in [-0.2, -0.15) is 0 Å². The summed E-state index contributed by atoms with van der Waals surface area (Å²) in [6, 6.07) is 6.35. The highest BCUT2D eigenvalue weighted by Gasteiger charge is 2.30. The Bertz CT molecular complexity index is 1000. The summed E-state index contributed by atoms with van der Waals surface area (Å²) < 4.78 is 28.5. The van der Waals surface area contributed by atoms with E-state index < -0.39 is 10.0 Å². The Hall–Kier alpha value is -1.90. The van der Waals surface area contributed by atoms with Gasteiger partial charge in [0, 0.05) is 10.6 Å². The molecule has 0 spiro atoms. The molecule has 152 valence electrons. The van der Waals surface area contributed by atoms with E-state index in [0.717, 1.165) is 19.3 Å². The number of rotatable bonds is 4. The van der Waals surface area contributed by atoms with E-state index in [1.165, 1.54) is 41.0 Å². The number of hydrogen-bond acceptors (Lipinski definition) is 5. The van der Waals surface area contributed by atoms with E-state index in [1.807, 2.05) is 6.07 Å². The number of carbonyl (C=O) groups is 1.